The van der Waals surface area contributed by atoms with Crippen LogP contribution in [0.15, 0.2) is 24.3 Å². The molecule has 0 spiro atoms. The number of esters is 1. The summed E-state index contributed by atoms with van der Waals surface area (Å²) in [6, 6.07) is 6.85. The molecule has 1 rings (SSSR count). The van der Waals surface area contributed by atoms with Gasteiger partial charge >= 0.3 is 13.6 Å². The molecule has 1 aromatic rings. The van der Waals surface area contributed by atoms with Gasteiger partial charge in [-0.25, -0.2) is 0 Å². The van der Waals surface area contributed by atoms with Crippen molar-refractivity contribution in [2.24, 2.45) is 0 Å². The summed E-state index contributed by atoms with van der Waals surface area (Å²) in [6.07, 6.45) is -0.492. The molecule has 0 amide bonds. The van der Waals surface area contributed by atoms with E-state index < -0.39 is 19.7 Å². The summed E-state index contributed by atoms with van der Waals surface area (Å²) < 4.78 is 28.3. The minimum Gasteiger partial charge on any atom is -0.457 e. The largest absolute Gasteiger partial charge is 0.457 e. The molecule has 0 fully saturated rings. The minimum atomic E-state index is -3.51. The predicted octanol–water partition coefficient (Wildman–Crippen LogP) is 4.95. The molecule has 6 nitrogen and oxygen atoms in total. The summed E-state index contributed by atoms with van der Waals surface area (Å²) in [4.78, 5) is 24.4. The summed E-state index contributed by atoms with van der Waals surface area (Å²) >= 11 is 6.19. The molecule has 0 saturated heterocycles. The molecule has 1 atom stereocenters. The van der Waals surface area contributed by atoms with Gasteiger partial charge < -0.3 is 13.8 Å². The number of rotatable bonds is 12. The molecule has 1 aromatic carbocycles. The number of carbonyl (C=O) groups excluding carboxylic acids is 2. The Hall–Kier alpha value is -1.20. The first kappa shape index (κ1) is 22.8. The zero-order valence-electron chi connectivity index (χ0n) is 15.4. The van der Waals surface area contributed by atoms with Gasteiger partial charge in [-0.3, -0.25) is 14.2 Å². The van der Waals surface area contributed by atoms with Crippen molar-refractivity contribution in [1.29, 1.82) is 0 Å². The molecule has 0 aromatic heterocycles. The zero-order chi connectivity index (χ0) is 19.6. The number of hydrogen-bond acceptors (Lipinski definition) is 6. The zero-order valence-corrected chi connectivity index (χ0v) is 17.1. The van der Waals surface area contributed by atoms with Crippen molar-refractivity contribution in [3.8, 4) is 0 Å². The summed E-state index contributed by atoms with van der Waals surface area (Å²) in [6.45, 7) is 5.55. The maximum Gasteiger partial charge on any atom is 0.338 e. The molecule has 26 heavy (non-hydrogen) atoms. The van der Waals surface area contributed by atoms with E-state index in [1.165, 1.54) is 0 Å². The lowest BCUT2D eigenvalue weighted by Gasteiger charge is -2.21. The molecule has 0 aliphatic carbocycles. The fraction of sp³-hybridized carbons (Fsp3) is 0.556. The molecule has 0 heterocycles. The third-order valence-electron chi connectivity index (χ3n) is 3.41. The molecular formula is C18H26ClO6P. The number of ketones is 1. The van der Waals surface area contributed by atoms with Gasteiger partial charge in [-0.1, -0.05) is 36.7 Å². The van der Waals surface area contributed by atoms with E-state index in [9.17, 15) is 14.2 Å². The van der Waals surface area contributed by atoms with E-state index >= 15 is 0 Å². The number of ether oxygens (including phenoxy) is 1. The van der Waals surface area contributed by atoms with Gasteiger partial charge in [-0.05, 0) is 26.3 Å². The van der Waals surface area contributed by atoms with Crippen LogP contribution in [0.1, 0.15) is 51.7 Å². The van der Waals surface area contributed by atoms with Crippen LogP contribution in [0, 0.1) is 0 Å². The van der Waals surface area contributed by atoms with Crippen LogP contribution in [-0.4, -0.2) is 31.1 Å². The Morgan fingerprint density at radius 2 is 1.73 bits per heavy atom. The molecule has 146 valence electrons. The van der Waals surface area contributed by atoms with Gasteiger partial charge in [0.15, 0.2) is 0 Å². The van der Waals surface area contributed by atoms with Crippen LogP contribution < -0.4 is 0 Å². The smallest absolute Gasteiger partial charge is 0.338 e. The second-order valence-electron chi connectivity index (χ2n) is 5.60. The average Bonchev–Trinajstić information content (AvgIpc) is 2.55. The van der Waals surface area contributed by atoms with Crippen molar-refractivity contribution in [3.05, 3.63) is 34.9 Å². The lowest BCUT2D eigenvalue weighted by atomic mass is 10.0. The van der Waals surface area contributed by atoms with Crippen LogP contribution in [0.4, 0.5) is 0 Å². The third-order valence-corrected chi connectivity index (χ3v) is 5.80. The van der Waals surface area contributed by atoms with E-state index in [2.05, 4.69) is 0 Å². The van der Waals surface area contributed by atoms with E-state index in [0.29, 0.717) is 17.0 Å². The van der Waals surface area contributed by atoms with Crippen LogP contribution in [-0.2, 0) is 27.9 Å². The monoisotopic (exact) mass is 404 g/mol. The molecule has 0 bridgehead atoms. The van der Waals surface area contributed by atoms with Gasteiger partial charge in [-0.2, -0.15) is 0 Å². The Kier molecular flexibility index (Phi) is 10.1. The normalized spacial score (nSPS) is 12.6. The van der Waals surface area contributed by atoms with Crippen LogP contribution >= 0.6 is 19.2 Å². The van der Waals surface area contributed by atoms with Crippen molar-refractivity contribution < 1.29 is 27.9 Å². The Labute approximate surface area is 159 Å². The van der Waals surface area contributed by atoms with Crippen molar-refractivity contribution in [2.75, 3.05) is 19.4 Å². The first-order valence-corrected chi connectivity index (χ1v) is 10.8. The first-order valence-electron chi connectivity index (χ1n) is 8.68. The molecule has 0 aliphatic rings. The number of benzene rings is 1. The van der Waals surface area contributed by atoms with Crippen LogP contribution in [0.25, 0.3) is 0 Å². The summed E-state index contributed by atoms with van der Waals surface area (Å²) in [5.74, 6) is -0.799. The topological polar surface area (TPSA) is 78.9 Å². The SMILES string of the molecule is CCCC(=O)OC(CC(=O)CP(=O)(OCC)OCC)c1ccccc1Cl. The predicted molar refractivity (Wildman–Crippen MR) is 101 cm³/mol. The maximum atomic E-state index is 12.5. The second-order valence-corrected chi connectivity index (χ2v) is 8.06. The lowest BCUT2D eigenvalue weighted by molar-refractivity contribution is -0.150. The van der Waals surface area contributed by atoms with Gasteiger partial charge in [0.2, 0.25) is 0 Å². The quantitative estimate of drug-likeness (QED) is 0.362. The second kappa shape index (κ2) is 11.5. The van der Waals surface area contributed by atoms with E-state index in [1.807, 2.05) is 6.92 Å². The molecule has 0 aliphatic heterocycles. The van der Waals surface area contributed by atoms with E-state index in [0.717, 1.165) is 0 Å². The van der Waals surface area contributed by atoms with Crippen molar-refractivity contribution in [1.82, 2.24) is 0 Å². The van der Waals surface area contributed by atoms with Gasteiger partial charge in [0.05, 0.1) is 13.2 Å². The molecule has 0 radical (unpaired) electrons. The fourth-order valence-electron chi connectivity index (χ4n) is 2.38. The highest BCUT2D eigenvalue weighted by molar-refractivity contribution is 7.54. The summed E-state index contributed by atoms with van der Waals surface area (Å²) in [5.41, 5.74) is 0.537. The average molecular weight is 405 g/mol. The molecule has 8 heteroatoms. The Morgan fingerprint density at radius 3 is 2.27 bits per heavy atom. The number of halogens is 1. The molecule has 0 saturated carbocycles. The van der Waals surface area contributed by atoms with Crippen LogP contribution in [0.5, 0.6) is 0 Å². The summed E-state index contributed by atoms with van der Waals surface area (Å²) in [7, 11) is -3.51. The first-order chi connectivity index (χ1) is 12.3. The third kappa shape index (κ3) is 7.58. The Bertz CT molecular complexity index is 638. The van der Waals surface area contributed by atoms with Gasteiger partial charge in [-0.15, -0.1) is 0 Å². The van der Waals surface area contributed by atoms with Crippen molar-refractivity contribution in [3.63, 3.8) is 0 Å². The molecule has 0 N–H and O–H groups in total. The van der Waals surface area contributed by atoms with Crippen LogP contribution in [0.3, 0.4) is 0 Å². The van der Waals surface area contributed by atoms with Gasteiger partial charge in [0.1, 0.15) is 18.0 Å². The fourth-order valence-corrected chi connectivity index (χ4v) is 4.24. The Balaban J connectivity index is 2.94. The number of hydrogen-bond donors (Lipinski definition) is 0. The van der Waals surface area contributed by atoms with Crippen molar-refractivity contribution >= 4 is 30.9 Å². The number of Topliss-reactive ketones (excluding diaryl/α,β-unsaturated/α-hetero) is 1. The lowest BCUT2D eigenvalue weighted by Crippen LogP contribution is -2.18. The Morgan fingerprint density at radius 1 is 1.12 bits per heavy atom. The maximum absolute atomic E-state index is 12.5. The molecular weight excluding hydrogens is 379 g/mol. The van der Waals surface area contributed by atoms with E-state index in [-0.39, 0.29) is 38.0 Å². The van der Waals surface area contributed by atoms with Crippen molar-refractivity contribution in [2.45, 2.75) is 46.1 Å². The van der Waals surface area contributed by atoms with Crippen LogP contribution in [0.2, 0.25) is 5.02 Å². The van der Waals surface area contributed by atoms with E-state index in [1.54, 1.807) is 38.1 Å². The highest BCUT2D eigenvalue weighted by Gasteiger charge is 2.30. The van der Waals surface area contributed by atoms with E-state index in [4.69, 9.17) is 25.4 Å². The highest BCUT2D eigenvalue weighted by atomic mass is 35.5. The van der Waals surface area contributed by atoms with Gasteiger partial charge in [0.25, 0.3) is 0 Å². The minimum absolute atomic E-state index is 0.149. The van der Waals surface area contributed by atoms with Gasteiger partial charge in [0, 0.05) is 23.4 Å². The number of carbonyl (C=O) groups is 2. The summed E-state index contributed by atoms with van der Waals surface area (Å²) in [5, 5.41) is 0.396. The molecule has 1 unspecified atom stereocenters. The standard InChI is InChI=1S/C18H26ClO6P/c1-4-9-18(21)25-17(15-10-7-8-11-16(15)19)12-14(20)13-26(22,23-5-2)24-6-3/h7-8,10-11,17H,4-6,9,12-13H2,1-3H3. The highest BCUT2D eigenvalue weighted by Crippen LogP contribution is 2.48.